The molecular formula is C22H32N2O2. The van der Waals surface area contributed by atoms with Gasteiger partial charge < -0.3 is 4.74 Å². The van der Waals surface area contributed by atoms with Gasteiger partial charge in [0.1, 0.15) is 0 Å². The molecule has 0 amide bonds. The average molecular weight is 357 g/mol. The molecule has 0 fully saturated rings. The molecule has 2 aromatic rings. The second kappa shape index (κ2) is 8.07. The molecule has 0 aliphatic heterocycles. The van der Waals surface area contributed by atoms with Crippen LogP contribution in [0.1, 0.15) is 64.3 Å². The van der Waals surface area contributed by atoms with Crippen LogP contribution in [0.25, 0.3) is 5.69 Å². The third kappa shape index (κ3) is 5.20. The Hall–Kier alpha value is -2.10. The van der Waals surface area contributed by atoms with Crippen LogP contribution in [0.5, 0.6) is 5.88 Å². The van der Waals surface area contributed by atoms with E-state index in [4.69, 9.17) is 4.74 Å². The predicted octanol–water partition coefficient (Wildman–Crippen LogP) is 5.42. The van der Waals surface area contributed by atoms with Crippen molar-refractivity contribution in [3.05, 3.63) is 41.1 Å². The van der Waals surface area contributed by atoms with Crippen LogP contribution in [0.15, 0.2) is 24.3 Å². The third-order valence-corrected chi connectivity index (χ3v) is 4.59. The SMILES string of the molecule is CCc1cc(OC(=O)CC(C)CC(C)(C)C)n(-c2cccc(C)c2C)n1. The summed E-state index contributed by atoms with van der Waals surface area (Å²) in [5.74, 6) is 0.588. The van der Waals surface area contributed by atoms with E-state index in [-0.39, 0.29) is 17.3 Å². The van der Waals surface area contributed by atoms with Gasteiger partial charge in [0.25, 0.3) is 0 Å². The lowest BCUT2D eigenvalue weighted by Crippen LogP contribution is -2.18. The van der Waals surface area contributed by atoms with Crippen LogP contribution in [0.4, 0.5) is 0 Å². The van der Waals surface area contributed by atoms with Gasteiger partial charge >= 0.3 is 5.97 Å². The predicted molar refractivity (Wildman–Crippen MR) is 106 cm³/mol. The summed E-state index contributed by atoms with van der Waals surface area (Å²) >= 11 is 0. The van der Waals surface area contributed by atoms with E-state index in [1.54, 1.807) is 4.68 Å². The van der Waals surface area contributed by atoms with Gasteiger partial charge in [-0.05, 0) is 55.2 Å². The zero-order valence-electron chi connectivity index (χ0n) is 17.2. The number of nitrogens with zero attached hydrogens (tertiary/aromatic N) is 2. The molecule has 0 aliphatic carbocycles. The normalized spacial score (nSPS) is 12.9. The molecule has 0 bridgehead atoms. The van der Waals surface area contributed by atoms with Gasteiger partial charge in [-0.2, -0.15) is 5.10 Å². The Morgan fingerprint density at radius 2 is 1.96 bits per heavy atom. The monoisotopic (exact) mass is 356 g/mol. The quantitative estimate of drug-likeness (QED) is 0.649. The molecule has 0 saturated heterocycles. The highest BCUT2D eigenvalue weighted by molar-refractivity contribution is 5.72. The fourth-order valence-electron chi connectivity index (χ4n) is 3.35. The molecule has 1 unspecified atom stereocenters. The van der Waals surface area contributed by atoms with Crippen LogP contribution < -0.4 is 4.74 Å². The second-order valence-corrected chi connectivity index (χ2v) is 8.51. The minimum atomic E-state index is -0.198. The minimum Gasteiger partial charge on any atom is -0.407 e. The number of hydrogen-bond acceptors (Lipinski definition) is 3. The first-order chi connectivity index (χ1) is 12.1. The van der Waals surface area contributed by atoms with Crippen molar-refractivity contribution in [3.63, 3.8) is 0 Å². The molecule has 4 nitrogen and oxygen atoms in total. The number of aryl methyl sites for hydroxylation is 2. The molecule has 4 heteroatoms. The van der Waals surface area contributed by atoms with Crippen molar-refractivity contribution in [1.82, 2.24) is 9.78 Å². The van der Waals surface area contributed by atoms with Crippen LogP contribution >= 0.6 is 0 Å². The Balaban J connectivity index is 2.23. The molecule has 0 aliphatic rings. The van der Waals surface area contributed by atoms with Gasteiger partial charge in [-0.15, -0.1) is 0 Å². The van der Waals surface area contributed by atoms with E-state index in [1.807, 2.05) is 25.1 Å². The van der Waals surface area contributed by atoms with E-state index in [9.17, 15) is 4.79 Å². The summed E-state index contributed by atoms with van der Waals surface area (Å²) in [5, 5.41) is 4.63. The topological polar surface area (TPSA) is 44.1 Å². The molecule has 1 heterocycles. The maximum absolute atomic E-state index is 12.5. The number of benzene rings is 1. The fraction of sp³-hybridized carbons (Fsp3) is 0.545. The highest BCUT2D eigenvalue weighted by Crippen LogP contribution is 2.28. The van der Waals surface area contributed by atoms with E-state index < -0.39 is 0 Å². The summed E-state index contributed by atoms with van der Waals surface area (Å²) in [6.07, 6.45) is 2.19. The first-order valence-corrected chi connectivity index (χ1v) is 9.47. The van der Waals surface area contributed by atoms with Crippen molar-refractivity contribution in [2.24, 2.45) is 11.3 Å². The van der Waals surface area contributed by atoms with Gasteiger partial charge in [0.2, 0.25) is 5.88 Å². The number of ether oxygens (including phenoxy) is 1. The molecule has 142 valence electrons. The van der Waals surface area contributed by atoms with Crippen molar-refractivity contribution in [2.75, 3.05) is 0 Å². The zero-order chi connectivity index (χ0) is 19.5. The number of carbonyl (C=O) groups is 1. The van der Waals surface area contributed by atoms with Gasteiger partial charge in [-0.1, -0.05) is 46.8 Å². The number of rotatable bonds is 6. The molecule has 26 heavy (non-hydrogen) atoms. The lowest BCUT2D eigenvalue weighted by molar-refractivity contribution is -0.135. The van der Waals surface area contributed by atoms with Gasteiger partial charge in [0.15, 0.2) is 0 Å². The highest BCUT2D eigenvalue weighted by atomic mass is 16.5. The first kappa shape index (κ1) is 20.2. The number of esters is 1. The van der Waals surface area contributed by atoms with E-state index >= 15 is 0 Å². The van der Waals surface area contributed by atoms with Crippen molar-refractivity contribution in [2.45, 2.75) is 67.7 Å². The molecule has 2 rings (SSSR count). The third-order valence-electron chi connectivity index (χ3n) is 4.59. The lowest BCUT2D eigenvalue weighted by atomic mass is 9.84. The Labute approximate surface area is 157 Å². The minimum absolute atomic E-state index is 0.198. The van der Waals surface area contributed by atoms with Crippen LogP contribution in [0.2, 0.25) is 0 Å². The van der Waals surface area contributed by atoms with E-state index in [1.165, 1.54) is 5.56 Å². The maximum Gasteiger partial charge on any atom is 0.312 e. The maximum atomic E-state index is 12.5. The van der Waals surface area contributed by atoms with Gasteiger partial charge in [-0.25, -0.2) is 4.68 Å². The Morgan fingerprint density at radius 1 is 1.27 bits per heavy atom. The molecular weight excluding hydrogens is 324 g/mol. The molecule has 0 spiro atoms. The van der Waals surface area contributed by atoms with Crippen molar-refractivity contribution in [3.8, 4) is 11.6 Å². The summed E-state index contributed by atoms with van der Waals surface area (Å²) in [7, 11) is 0. The zero-order valence-corrected chi connectivity index (χ0v) is 17.2. The summed E-state index contributed by atoms with van der Waals surface area (Å²) < 4.78 is 7.48. The highest BCUT2D eigenvalue weighted by Gasteiger charge is 2.21. The van der Waals surface area contributed by atoms with Crippen molar-refractivity contribution in [1.29, 1.82) is 0 Å². The molecule has 0 saturated carbocycles. The van der Waals surface area contributed by atoms with E-state index in [0.717, 1.165) is 29.8 Å². The van der Waals surface area contributed by atoms with Crippen LogP contribution in [0.3, 0.4) is 0 Å². The van der Waals surface area contributed by atoms with Crippen LogP contribution in [0, 0.1) is 25.2 Å². The Morgan fingerprint density at radius 3 is 2.58 bits per heavy atom. The Kier molecular flexibility index (Phi) is 6.27. The van der Waals surface area contributed by atoms with Crippen LogP contribution in [-0.4, -0.2) is 15.7 Å². The molecule has 1 aromatic carbocycles. The van der Waals surface area contributed by atoms with Crippen molar-refractivity contribution >= 4 is 5.97 Å². The fourth-order valence-corrected chi connectivity index (χ4v) is 3.35. The number of aromatic nitrogens is 2. The Bertz CT molecular complexity index is 769. The second-order valence-electron chi connectivity index (χ2n) is 8.51. The van der Waals surface area contributed by atoms with Crippen molar-refractivity contribution < 1.29 is 9.53 Å². The summed E-state index contributed by atoms with van der Waals surface area (Å²) in [4.78, 5) is 12.5. The summed E-state index contributed by atoms with van der Waals surface area (Å²) in [6, 6.07) is 7.95. The summed E-state index contributed by atoms with van der Waals surface area (Å²) in [5.41, 5.74) is 4.39. The standard InChI is InChI=1S/C22H32N2O2/c1-8-18-13-20(26-21(25)12-15(2)14-22(5,6)7)24(23-18)19-11-9-10-16(3)17(19)4/h9-11,13,15H,8,12,14H2,1-7H3. The summed E-state index contributed by atoms with van der Waals surface area (Å²) in [6.45, 7) is 14.9. The smallest absolute Gasteiger partial charge is 0.312 e. The molecule has 0 N–H and O–H groups in total. The first-order valence-electron chi connectivity index (χ1n) is 9.47. The largest absolute Gasteiger partial charge is 0.407 e. The van der Waals surface area contributed by atoms with Gasteiger partial charge in [-0.3, -0.25) is 4.79 Å². The van der Waals surface area contributed by atoms with E-state index in [2.05, 4.69) is 52.7 Å². The van der Waals surface area contributed by atoms with E-state index in [0.29, 0.717) is 12.3 Å². The van der Waals surface area contributed by atoms with Gasteiger partial charge in [0.05, 0.1) is 11.4 Å². The molecule has 1 aromatic heterocycles. The van der Waals surface area contributed by atoms with Gasteiger partial charge in [0, 0.05) is 12.5 Å². The number of hydrogen-bond donors (Lipinski definition) is 0. The average Bonchev–Trinajstić information content (AvgIpc) is 2.90. The number of carbonyl (C=O) groups excluding carboxylic acids is 1. The molecule has 0 radical (unpaired) electrons. The lowest BCUT2D eigenvalue weighted by Gasteiger charge is -2.22. The van der Waals surface area contributed by atoms with Crippen LogP contribution in [-0.2, 0) is 11.2 Å². The molecule has 1 atom stereocenters.